The van der Waals surface area contributed by atoms with Crippen molar-refractivity contribution in [1.29, 1.82) is 0 Å². The average Bonchev–Trinajstić information content (AvgIpc) is 2.32. The summed E-state index contributed by atoms with van der Waals surface area (Å²) < 4.78 is 62.3. The lowest BCUT2D eigenvalue weighted by atomic mass is 10.2. The highest BCUT2D eigenvalue weighted by Gasteiger charge is 2.26. The normalized spacial score (nSPS) is 21.0. The molecule has 0 aliphatic carbocycles. The fourth-order valence-electron chi connectivity index (χ4n) is 2.07. The summed E-state index contributed by atoms with van der Waals surface area (Å²) in [5, 5.41) is 4.83. The van der Waals surface area contributed by atoms with Crippen molar-refractivity contribution in [1.82, 2.24) is 5.32 Å². The van der Waals surface area contributed by atoms with E-state index < -0.39 is 44.9 Å². The van der Waals surface area contributed by atoms with Gasteiger partial charge in [-0.05, 0) is 0 Å². The van der Waals surface area contributed by atoms with Gasteiger partial charge in [-0.15, -0.1) is 0 Å². The molecule has 1 fully saturated rings. The number of anilines is 1. The van der Waals surface area contributed by atoms with Crippen molar-refractivity contribution in [2.75, 3.05) is 23.4 Å². The molecular formula is C12H13F3N2O3S. The lowest BCUT2D eigenvalue weighted by Gasteiger charge is -2.23. The maximum Gasteiger partial charge on any atom is 0.226 e. The topological polar surface area (TPSA) is 75.3 Å². The quantitative estimate of drug-likeness (QED) is 0.864. The van der Waals surface area contributed by atoms with Gasteiger partial charge in [0, 0.05) is 31.1 Å². The van der Waals surface area contributed by atoms with Crippen LogP contribution in [0, 0.1) is 17.5 Å². The van der Waals surface area contributed by atoms with Gasteiger partial charge in [-0.1, -0.05) is 0 Å². The van der Waals surface area contributed by atoms with E-state index in [9.17, 15) is 26.4 Å². The largest absolute Gasteiger partial charge is 0.321 e. The average molecular weight is 322 g/mol. The molecule has 116 valence electrons. The van der Waals surface area contributed by atoms with Crippen LogP contribution in [0.5, 0.6) is 0 Å². The number of benzene rings is 1. The number of hydrogen-bond acceptors (Lipinski definition) is 4. The fraction of sp³-hybridized carbons (Fsp3) is 0.417. The van der Waals surface area contributed by atoms with Crippen molar-refractivity contribution in [3.63, 3.8) is 0 Å². The monoisotopic (exact) mass is 322 g/mol. The van der Waals surface area contributed by atoms with E-state index in [2.05, 4.69) is 5.32 Å². The van der Waals surface area contributed by atoms with Crippen LogP contribution in [-0.4, -0.2) is 38.4 Å². The molecule has 1 aliphatic heterocycles. The smallest absolute Gasteiger partial charge is 0.226 e. The first-order valence-corrected chi connectivity index (χ1v) is 7.97. The van der Waals surface area contributed by atoms with Gasteiger partial charge >= 0.3 is 0 Å². The molecule has 2 N–H and O–H groups in total. The van der Waals surface area contributed by atoms with E-state index in [1.807, 2.05) is 5.32 Å². The molecule has 0 bridgehead atoms. The van der Waals surface area contributed by atoms with E-state index in [0.717, 1.165) is 0 Å². The Kier molecular flexibility index (Phi) is 4.52. The number of nitrogens with one attached hydrogen (secondary N) is 2. The van der Waals surface area contributed by atoms with Gasteiger partial charge in [0.2, 0.25) is 5.91 Å². The molecule has 1 heterocycles. The van der Waals surface area contributed by atoms with E-state index in [4.69, 9.17) is 0 Å². The van der Waals surface area contributed by atoms with Crippen LogP contribution in [0.25, 0.3) is 0 Å². The van der Waals surface area contributed by atoms with E-state index in [1.54, 1.807) is 0 Å². The molecule has 2 rings (SSSR count). The second-order valence-corrected chi connectivity index (χ2v) is 6.99. The third-order valence-corrected chi connectivity index (χ3v) is 4.74. The van der Waals surface area contributed by atoms with Crippen molar-refractivity contribution in [2.45, 2.75) is 12.5 Å². The Morgan fingerprint density at radius 3 is 2.48 bits per heavy atom. The minimum atomic E-state index is -3.21. The van der Waals surface area contributed by atoms with Gasteiger partial charge in [-0.25, -0.2) is 21.6 Å². The van der Waals surface area contributed by atoms with Gasteiger partial charge in [-0.3, -0.25) is 4.79 Å². The van der Waals surface area contributed by atoms with Gasteiger partial charge in [0.25, 0.3) is 0 Å². The third kappa shape index (κ3) is 4.18. The number of amides is 1. The number of hydrogen-bond donors (Lipinski definition) is 2. The lowest BCUT2D eigenvalue weighted by Crippen LogP contribution is -2.46. The van der Waals surface area contributed by atoms with Crippen LogP contribution >= 0.6 is 0 Å². The molecule has 0 aromatic heterocycles. The lowest BCUT2D eigenvalue weighted by molar-refractivity contribution is -0.116. The van der Waals surface area contributed by atoms with E-state index in [-0.39, 0.29) is 24.5 Å². The predicted octanol–water partition coefficient (Wildman–Crippen LogP) is 0.819. The molecule has 1 unspecified atom stereocenters. The molecule has 1 amide bonds. The van der Waals surface area contributed by atoms with Crippen molar-refractivity contribution in [3.05, 3.63) is 29.6 Å². The molecule has 1 aromatic carbocycles. The molecule has 0 spiro atoms. The van der Waals surface area contributed by atoms with E-state index in [0.29, 0.717) is 12.1 Å². The Hall–Kier alpha value is -1.61. The van der Waals surface area contributed by atoms with Crippen LogP contribution in [0.1, 0.15) is 6.42 Å². The molecule has 9 heteroatoms. The van der Waals surface area contributed by atoms with Crippen molar-refractivity contribution >= 4 is 21.4 Å². The maximum absolute atomic E-state index is 13.4. The number of carbonyl (C=O) groups is 1. The zero-order valence-corrected chi connectivity index (χ0v) is 11.6. The Balaban J connectivity index is 2.02. The molecule has 1 aromatic rings. The van der Waals surface area contributed by atoms with Gasteiger partial charge in [0.15, 0.2) is 21.5 Å². The molecule has 1 saturated heterocycles. The summed E-state index contributed by atoms with van der Waals surface area (Å²) in [5.41, 5.74) is -0.750. The van der Waals surface area contributed by atoms with Crippen LogP contribution < -0.4 is 10.6 Å². The summed E-state index contributed by atoms with van der Waals surface area (Å²) in [4.78, 5) is 11.7. The summed E-state index contributed by atoms with van der Waals surface area (Å²) >= 11 is 0. The van der Waals surface area contributed by atoms with E-state index in [1.165, 1.54) is 0 Å². The summed E-state index contributed by atoms with van der Waals surface area (Å²) in [6, 6.07) is 0.277. The van der Waals surface area contributed by atoms with Crippen molar-refractivity contribution in [2.24, 2.45) is 0 Å². The number of halogens is 3. The summed E-state index contributed by atoms with van der Waals surface area (Å²) in [7, 11) is -3.21. The SMILES string of the molecule is O=C(CC1CS(=O)(=O)CCN1)Nc1c(F)cc(F)cc1F. The first kappa shape index (κ1) is 15.8. The van der Waals surface area contributed by atoms with Crippen LogP contribution in [0.4, 0.5) is 18.9 Å². The van der Waals surface area contributed by atoms with Gasteiger partial charge in [-0.2, -0.15) is 0 Å². The zero-order chi connectivity index (χ0) is 15.6. The fourth-order valence-corrected chi connectivity index (χ4v) is 3.52. The molecule has 1 atom stereocenters. The first-order chi connectivity index (χ1) is 9.77. The molecule has 5 nitrogen and oxygen atoms in total. The second-order valence-electron chi connectivity index (χ2n) is 4.76. The number of carbonyl (C=O) groups excluding carboxylic acids is 1. The Morgan fingerprint density at radius 1 is 1.29 bits per heavy atom. The van der Waals surface area contributed by atoms with Crippen molar-refractivity contribution < 1.29 is 26.4 Å². The summed E-state index contributed by atoms with van der Waals surface area (Å²) in [6.07, 6.45) is -0.254. The highest BCUT2D eigenvalue weighted by Crippen LogP contribution is 2.20. The van der Waals surface area contributed by atoms with Gasteiger partial charge < -0.3 is 10.6 Å². The number of rotatable bonds is 3. The van der Waals surface area contributed by atoms with Gasteiger partial charge in [0.05, 0.1) is 11.5 Å². The van der Waals surface area contributed by atoms with Crippen molar-refractivity contribution in [3.8, 4) is 0 Å². The molecule has 0 radical (unpaired) electrons. The van der Waals surface area contributed by atoms with Crippen LogP contribution in [0.15, 0.2) is 12.1 Å². The molecule has 21 heavy (non-hydrogen) atoms. The minimum Gasteiger partial charge on any atom is -0.321 e. The second kappa shape index (κ2) is 6.02. The van der Waals surface area contributed by atoms with Gasteiger partial charge in [0.1, 0.15) is 11.5 Å². The Morgan fingerprint density at radius 2 is 1.90 bits per heavy atom. The standard InChI is InChI=1S/C12H13F3N2O3S/c13-7-3-9(14)12(10(15)4-7)17-11(18)5-8-6-21(19,20)2-1-16-8/h3-4,8,16H,1-2,5-6H2,(H,17,18). The minimum absolute atomic E-state index is 0.00760. The molecule has 1 aliphatic rings. The van der Waals surface area contributed by atoms with Crippen LogP contribution in [0.2, 0.25) is 0 Å². The molecular weight excluding hydrogens is 309 g/mol. The summed E-state index contributed by atoms with van der Waals surface area (Å²) in [5.74, 6) is -4.53. The Labute approximate surface area is 119 Å². The van der Waals surface area contributed by atoms with Crippen LogP contribution in [0.3, 0.4) is 0 Å². The first-order valence-electron chi connectivity index (χ1n) is 6.15. The zero-order valence-electron chi connectivity index (χ0n) is 10.8. The highest BCUT2D eigenvalue weighted by molar-refractivity contribution is 7.91. The Bertz CT molecular complexity index is 641. The van der Waals surface area contributed by atoms with E-state index >= 15 is 0 Å². The molecule has 0 saturated carbocycles. The number of sulfone groups is 1. The third-order valence-electron chi connectivity index (χ3n) is 3.00. The van der Waals surface area contributed by atoms with Crippen LogP contribution in [-0.2, 0) is 14.6 Å². The highest BCUT2D eigenvalue weighted by atomic mass is 32.2. The maximum atomic E-state index is 13.4. The predicted molar refractivity (Wildman–Crippen MR) is 70.0 cm³/mol. The summed E-state index contributed by atoms with van der Waals surface area (Å²) in [6.45, 7) is 0.222.